The number of pyridine rings is 1. The molecule has 0 aromatic carbocycles. The van der Waals surface area contributed by atoms with Crippen LogP contribution in [0.1, 0.15) is 5.82 Å². The maximum absolute atomic E-state index is 12.9. The summed E-state index contributed by atoms with van der Waals surface area (Å²) in [6.07, 6.45) is 3.78. The molecule has 4 rings (SSSR count). The highest BCUT2D eigenvalue weighted by molar-refractivity contribution is 8.06. The zero-order valence-corrected chi connectivity index (χ0v) is 20.4. The first-order valence-electron chi connectivity index (χ1n) is 9.80. The number of carbonyl (C=O) groups is 3. The van der Waals surface area contributed by atoms with Crippen LogP contribution in [0.25, 0.3) is 0 Å². The minimum atomic E-state index is -1.44. The van der Waals surface area contributed by atoms with E-state index in [1.807, 2.05) is 36.1 Å². The molecule has 0 aliphatic carbocycles. The highest BCUT2D eigenvalue weighted by atomic mass is 32.2. The molecule has 2 aromatic rings. The number of thioether (sulfide) groups is 2. The van der Waals surface area contributed by atoms with Crippen LogP contribution in [-0.4, -0.2) is 68.5 Å². The van der Waals surface area contributed by atoms with Crippen molar-refractivity contribution in [2.24, 2.45) is 12.2 Å². The van der Waals surface area contributed by atoms with Gasteiger partial charge in [-0.25, -0.2) is 4.57 Å². The lowest BCUT2D eigenvalue weighted by Crippen LogP contribution is -2.73. The third-order valence-electron chi connectivity index (χ3n) is 5.00. The van der Waals surface area contributed by atoms with Gasteiger partial charge in [-0.1, -0.05) is 5.16 Å². The molecule has 1 saturated heterocycles. The van der Waals surface area contributed by atoms with Crippen molar-refractivity contribution in [2.45, 2.75) is 17.0 Å². The first-order chi connectivity index (χ1) is 16.3. The topological polar surface area (TPSA) is 167 Å². The van der Waals surface area contributed by atoms with Crippen LogP contribution in [0.3, 0.4) is 0 Å². The SMILES string of the molecule is CON=C(C(=O)NC1C(=O)N2C(C(=O)[O-])=C(CSc3cc[n+](C)cc3)SCC12)c1nsc(N)n1. The average molecular weight is 522 g/mol. The summed E-state index contributed by atoms with van der Waals surface area (Å²) in [5.41, 5.74) is 5.17. The van der Waals surface area contributed by atoms with Crippen LogP contribution in [-0.2, 0) is 26.3 Å². The Labute approximate surface area is 206 Å². The molecule has 2 aromatic heterocycles. The van der Waals surface area contributed by atoms with Crippen LogP contribution in [0.5, 0.6) is 0 Å². The van der Waals surface area contributed by atoms with E-state index in [1.54, 1.807) is 0 Å². The Morgan fingerprint density at radius 3 is 2.79 bits per heavy atom. The van der Waals surface area contributed by atoms with Gasteiger partial charge in [-0.3, -0.25) is 9.59 Å². The monoisotopic (exact) mass is 521 g/mol. The molecule has 2 unspecified atom stereocenters. The molecule has 34 heavy (non-hydrogen) atoms. The Kier molecular flexibility index (Phi) is 7.04. The van der Waals surface area contributed by atoms with E-state index in [0.717, 1.165) is 16.4 Å². The van der Waals surface area contributed by atoms with Crippen molar-refractivity contribution < 1.29 is 28.9 Å². The molecule has 4 heterocycles. The van der Waals surface area contributed by atoms with Crippen molar-refractivity contribution >= 4 is 63.7 Å². The number of anilines is 1. The average Bonchev–Trinajstić information content (AvgIpc) is 3.25. The van der Waals surface area contributed by atoms with Crippen LogP contribution < -0.4 is 20.7 Å². The van der Waals surface area contributed by atoms with Crippen LogP contribution in [0.4, 0.5) is 5.13 Å². The Balaban J connectivity index is 1.48. The molecule has 3 N–H and O–H groups in total. The van der Waals surface area contributed by atoms with Crippen molar-refractivity contribution in [1.29, 1.82) is 0 Å². The highest BCUT2D eigenvalue weighted by Crippen LogP contribution is 2.40. The second-order valence-corrected chi connectivity index (χ2v) is 10.1. The summed E-state index contributed by atoms with van der Waals surface area (Å²) in [6, 6.07) is 2.36. The molecule has 2 aliphatic heterocycles. The number of rotatable bonds is 8. The Hall–Kier alpha value is -3.17. The lowest BCUT2D eigenvalue weighted by molar-refractivity contribution is -0.671. The fraction of sp³-hybridized carbons (Fsp3) is 0.316. The van der Waals surface area contributed by atoms with Gasteiger partial charge in [0.15, 0.2) is 17.5 Å². The van der Waals surface area contributed by atoms with Gasteiger partial charge in [0, 0.05) is 45.0 Å². The number of hydrogen-bond donors (Lipinski definition) is 2. The number of nitrogens with one attached hydrogen (secondary N) is 1. The van der Waals surface area contributed by atoms with Crippen molar-refractivity contribution in [3.63, 3.8) is 0 Å². The number of amides is 2. The number of carboxylic acid groups (broad SMARTS) is 1. The van der Waals surface area contributed by atoms with Crippen molar-refractivity contribution in [3.8, 4) is 0 Å². The first kappa shape index (κ1) is 24.0. The number of carboxylic acids is 1. The fourth-order valence-electron chi connectivity index (χ4n) is 3.41. The largest absolute Gasteiger partial charge is 0.543 e. The second-order valence-electron chi connectivity index (χ2n) is 7.16. The number of nitrogen functional groups attached to an aromatic ring is 1. The van der Waals surface area contributed by atoms with E-state index in [0.29, 0.717) is 16.4 Å². The minimum Gasteiger partial charge on any atom is -0.543 e. The van der Waals surface area contributed by atoms with Gasteiger partial charge in [0.25, 0.3) is 11.8 Å². The third-order valence-corrected chi connectivity index (χ3v) is 7.96. The number of aliphatic carboxylic acids is 1. The summed E-state index contributed by atoms with van der Waals surface area (Å²) in [7, 11) is 3.16. The van der Waals surface area contributed by atoms with Crippen LogP contribution in [0.15, 0.2) is 45.2 Å². The van der Waals surface area contributed by atoms with Gasteiger partial charge < -0.3 is 30.7 Å². The number of fused-ring (bicyclic) bond motifs is 1. The molecule has 2 aliphatic rings. The van der Waals surface area contributed by atoms with Gasteiger partial charge in [0.2, 0.25) is 11.5 Å². The predicted octanol–water partition coefficient (Wildman–Crippen LogP) is -1.51. The van der Waals surface area contributed by atoms with Crippen molar-refractivity contribution in [1.82, 2.24) is 19.6 Å². The number of nitrogens with zero attached hydrogens (tertiary/aromatic N) is 5. The van der Waals surface area contributed by atoms with E-state index in [9.17, 15) is 19.5 Å². The van der Waals surface area contributed by atoms with Crippen molar-refractivity contribution in [3.05, 3.63) is 41.0 Å². The van der Waals surface area contributed by atoms with E-state index < -0.39 is 29.9 Å². The number of carbonyl (C=O) groups excluding carboxylic acids is 3. The van der Waals surface area contributed by atoms with Gasteiger partial charge >= 0.3 is 0 Å². The van der Waals surface area contributed by atoms with Crippen molar-refractivity contribution in [2.75, 3.05) is 24.3 Å². The van der Waals surface area contributed by atoms with Crippen LogP contribution in [0, 0.1) is 0 Å². The van der Waals surface area contributed by atoms with Gasteiger partial charge in [0.05, 0.1) is 17.7 Å². The van der Waals surface area contributed by atoms with Gasteiger partial charge in [-0.15, -0.1) is 23.5 Å². The van der Waals surface area contributed by atoms with E-state index in [1.165, 1.54) is 35.5 Å². The summed E-state index contributed by atoms with van der Waals surface area (Å²) >= 11 is 3.67. The Bertz CT molecular complexity index is 1200. The number of β-lactam (4-membered cyclic amide) rings is 1. The maximum Gasteiger partial charge on any atom is 0.278 e. The lowest BCUT2D eigenvalue weighted by Gasteiger charge is -2.51. The number of aromatic nitrogens is 3. The van der Waals surface area contributed by atoms with Gasteiger partial charge in [-0.05, 0) is 0 Å². The zero-order chi connectivity index (χ0) is 24.4. The summed E-state index contributed by atoms with van der Waals surface area (Å²) in [5.74, 6) is -1.97. The lowest BCUT2D eigenvalue weighted by atomic mass is 9.94. The van der Waals surface area contributed by atoms with E-state index in [2.05, 4.69) is 19.8 Å². The smallest absolute Gasteiger partial charge is 0.278 e. The standard InChI is InChI=1S/C19H19N7O5S3/c1-25-5-3-9(4-6-25)32-8-11-14(18(29)30)26-10(7-33-11)12(17(26)28)21-16(27)13(23-31-2)15-22-19(20)34-24-15/h3-6,10,12H,7-8H2,1-2H3,(H3-,20,21,22,24,27,29,30). The highest BCUT2D eigenvalue weighted by Gasteiger charge is 2.52. The van der Waals surface area contributed by atoms with Gasteiger partial charge in [-0.2, -0.15) is 9.36 Å². The molecule has 0 radical (unpaired) electrons. The van der Waals surface area contributed by atoms with Crippen LogP contribution >= 0.6 is 35.1 Å². The third kappa shape index (κ3) is 4.71. The number of nitrogens with two attached hydrogens (primary N) is 1. The maximum atomic E-state index is 12.9. The molecule has 1 fully saturated rings. The minimum absolute atomic E-state index is 0.0346. The molecule has 2 amide bonds. The number of oxime groups is 1. The Morgan fingerprint density at radius 2 is 2.18 bits per heavy atom. The quantitative estimate of drug-likeness (QED) is 0.137. The molecule has 15 heteroatoms. The molecular formula is C19H19N7O5S3. The Morgan fingerprint density at radius 1 is 1.44 bits per heavy atom. The number of hydrogen-bond acceptors (Lipinski definition) is 12. The molecule has 2 atom stereocenters. The second kappa shape index (κ2) is 9.99. The van der Waals surface area contributed by atoms with Crippen LogP contribution in [0.2, 0.25) is 0 Å². The molecule has 178 valence electrons. The van der Waals surface area contributed by atoms with E-state index in [-0.39, 0.29) is 22.4 Å². The molecule has 12 nitrogen and oxygen atoms in total. The van der Waals surface area contributed by atoms with E-state index >= 15 is 0 Å². The zero-order valence-electron chi connectivity index (χ0n) is 18.0. The summed E-state index contributed by atoms with van der Waals surface area (Å²) < 4.78 is 5.83. The summed E-state index contributed by atoms with van der Waals surface area (Å²) in [4.78, 5) is 48.9. The molecular weight excluding hydrogens is 502 g/mol. The fourth-order valence-corrected chi connectivity index (χ4v) is 6.13. The molecule has 0 bridgehead atoms. The van der Waals surface area contributed by atoms with Gasteiger partial charge in [0.1, 0.15) is 20.2 Å². The molecule has 0 saturated carbocycles. The van der Waals surface area contributed by atoms with E-state index in [4.69, 9.17) is 10.6 Å². The predicted molar refractivity (Wildman–Crippen MR) is 123 cm³/mol. The summed E-state index contributed by atoms with van der Waals surface area (Å²) in [6.45, 7) is 0. The molecule has 0 spiro atoms. The number of aryl methyl sites for hydroxylation is 1. The normalized spacial score (nSPS) is 20.0. The summed E-state index contributed by atoms with van der Waals surface area (Å²) in [5, 5.41) is 18.3. The first-order valence-corrected chi connectivity index (χ1v) is 12.5.